The first-order valence-corrected chi connectivity index (χ1v) is 8.76. The SMILES string of the molecule is COc1cccc(CSc2nnc3n(C)c(=O)c4ccccc4n23)c1. The molecular weight excluding hydrogens is 336 g/mol. The maximum atomic E-state index is 12.5. The second kappa shape index (κ2) is 6.25. The molecule has 0 aliphatic rings. The number of nitrogens with zero attached hydrogens (tertiary/aromatic N) is 4. The zero-order chi connectivity index (χ0) is 17.4. The summed E-state index contributed by atoms with van der Waals surface area (Å²) in [6.07, 6.45) is 0. The molecule has 4 rings (SSSR count). The largest absolute Gasteiger partial charge is 0.497 e. The molecule has 2 heterocycles. The maximum Gasteiger partial charge on any atom is 0.262 e. The highest BCUT2D eigenvalue weighted by atomic mass is 32.2. The van der Waals surface area contributed by atoms with E-state index in [4.69, 9.17) is 4.74 Å². The lowest BCUT2D eigenvalue weighted by molar-refractivity contribution is 0.414. The summed E-state index contributed by atoms with van der Waals surface area (Å²) in [5.41, 5.74) is 1.88. The molecule has 0 bridgehead atoms. The number of fused-ring (bicyclic) bond motifs is 3. The predicted molar refractivity (Wildman–Crippen MR) is 98.3 cm³/mol. The van der Waals surface area contributed by atoms with E-state index < -0.39 is 0 Å². The number of aromatic nitrogens is 4. The molecule has 0 amide bonds. The summed E-state index contributed by atoms with van der Waals surface area (Å²) in [6, 6.07) is 15.5. The first kappa shape index (κ1) is 15.7. The fourth-order valence-corrected chi connectivity index (χ4v) is 3.70. The Morgan fingerprint density at radius 2 is 1.96 bits per heavy atom. The molecule has 0 aliphatic carbocycles. The number of hydrogen-bond acceptors (Lipinski definition) is 5. The second-order valence-corrected chi connectivity index (χ2v) is 6.58. The summed E-state index contributed by atoms with van der Waals surface area (Å²) in [5, 5.41) is 9.90. The van der Waals surface area contributed by atoms with E-state index in [1.165, 1.54) is 4.57 Å². The lowest BCUT2D eigenvalue weighted by atomic mass is 10.2. The van der Waals surface area contributed by atoms with Crippen LogP contribution in [-0.2, 0) is 12.8 Å². The lowest BCUT2D eigenvalue weighted by Crippen LogP contribution is -2.20. The van der Waals surface area contributed by atoms with E-state index in [1.807, 2.05) is 52.9 Å². The van der Waals surface area contributed by atoms with Crippen LogP contribution < -0.4 is 10.3 Å². The van der Waals surface area contributed by atoms with Crippen molar-refractivity contribution in [1.82, 2.24) is 19.2 Å². The van der Waals surface area contributed by atoms with Crippen LogP contribution in [0, 0.1) is 0 Å². The Morgan fingerprint density at radius 1 is 1.12 bits per heavy atom. The van der Waals surface area contributed by atoms with Gasteiger partial charge in [0.1, 0.15) is 5.75 Å². The molecule has 126 valence electrons. The molecule has 0 atom stereocenters. The number of aryl methyl sites for hydroxylation is 1. The molecule has 0 unspecified atom stereocenters. The molecule has 25 heavy (non-hydrogen) atoms. The number of thioether (sulfide) groups is 1. The van der Waals surface area contributed by atoms with E-state index in [-0.39, 0.29) is 5.56 Å². The molecule has 7 heteroatoms. The van der Waals surface area contributed by atoms with Crippen LogP contribution in [0.4, 0.5) is 0 Å². The molecule has 0 radical (unpaired) electrons. The number of benzene rings is 2. The van der Waals surface area contributed by atoms with Crippen LogP contribution in [-0.4, -0.2) is 26.3 Å². The highest BCUT2D eigenvalue weighted by Gasteiger charge is 2.14. The van der Waals surface area contributed by atoms with Crippen LogP contribution in [0.15, 0.2) is 58.5 Å². The fraction of sp³-hybridized carbons (Fsp3) is 0.167. The van der Waals surface area contributed by atoms with Gasteiger partial charge in [0, 0.05) is 12.8 Å². The monoisotopic (exact) mass is 352 g/mol. The zero-order valence-corrected chi connectivity index (χ0v) is 14.7. The van der Waals surface area contributed by atoms with Gasteiger partial charge in [-0.05, 0) is 29.8 Å². The molecule has 0 aliphatic heterocycles. The Bertz CT molecular complexity index is 1130. The third-order valence-corrected chi connectivity index (χ3v) is 5.10. The summed E-state index contributed by atoms with van der Waals surface area (Å²) in [6.45, 7) is 0. The van der Waals surface area contributed by atoms with Crippen molar-refractivity contribution < 1.29 is 4.74 Å². The predicted octanol–water partition coefficient (Wildman–Crippen LogP) is 2.88. The Kier molecular flexibility index (Phi) is 3.93. The fourth-order valence-electron chi connectivity index (χ4n) is 2.81. The Labute approximate surface area is 148 Å². The van der Waals surface area contributed by atoms with Crippen molar-refractivity contribution in [2.24, 2.45) is 7.05 Å². The van der Waals surface area contributed by atoms with E-state index in [0.717, 1.165) is 27.7 Å². The third-order valence-electron chi connectivity index (χ3n) is 4.10. The Morgan fingerprint density at radius 3 is 2.80 bits per heavy atom. The smallest absolute Gasteiger partial charge is 0.262 e. The molecule has 2 aromatic heterocycles. The summed E-state index contributed by atoms with van der Waals surface area (Å²) in [7, 11) is 3.38. The van der Waals surface area contributed by atoms with Crippen LogP contribution in [0.1, 0.15) is 5.56 Å². The van der Waals surface area contributed by atoms with Crippen molar-refractivity contribution in [1.29, 1.82) is 0 Å². The van der Waals surface area contributed by atoms with Crippen molar-refractivity contribution >= 4 is 28.4 Å². The molecule has 4 aromatic rings. The van der Waals surface area contributed by atoms with E-state index in [0.29, 0.717) is 11.2 Å². The quantitative estimate of drug-likeness (QED) is 0.529. The van der Waals surface area contributed by atoms with Gasteiger partial charge < -0.3 is 4.74 Å². The zero-order valence-electron chi connectivity index (χ0n) is 13.8. The Hall–Kier alpha value is -2.80. The van der Waals surface area contributed by atoms with Crippen molar-refractivity contribution in [3.05, 3.63) is 64.4 Å². The molecular formula is C18H16N4O2S. The molecule has 2 aromatic carbocycles. The van der Waals surface area contributed by atoms with Gasteiger partial charge in [-0.2, -0.15) is 0 Å². The van der Waals surface area contributed by atoms with Gasteiger partial charge in [-0.15, -0.1) is 10.2 Å². The van der Waals surface area contributed by atoms with Crippen molar-refractivity contribution in [2.45, 2.75) is 10.9 Å². The second-order valence-electron chi connectivity index (χ2n) is 5.64. The van der Waals surface area contributed by atoms with Crippen molar-refractivity contribution in [3.8, 4) is 5.75 Å². The summed E-state index contributed by atoms with van der Waals surface area (Å²) < 4.78 is 8.73. The minimum atomic E-state index is -0.0696. The van der Waals surface area contributed by atoms with Gasteiger partial charge >= 0.3 is 0 Å². The van der Waals surface area contributed by atoms with E-state index in [9.17, 15) is 4.79 Å². The normalized spacial score (nSPS) is 11.3. The van der Waals surface area contributed by atoms with Crippen LogP contribution in [0.5, 0.6) is 5.75 Å². The van der Waals surface area contributed by atoms with Crippen molar-refractivity contribution in [3.63, 3.8) is 0 Å². The first-order valence-electron chi connectivity index (χ1n) is 7.77. The van der Waals surface area contributed by atoms with E-state index in [1.54, 1.807) is 25.9 Å². The maximum absolute atomic E-state index is 12.5. The van der Waals surface area contributed by atoms with Crippen LogP contribution in [0.25, 0.3) is 16.7 Å². The van der Waals surface area contributed by atoms with Gasteiger partial charge in [0.15, 0.2) is 5.16 Å². The number of methoxy groups -OCH3 is 1. The number of hydrogen-bond donors (Lipinski definition) is 0. The highest BCUT2D eigenvalue weighted by molar-refractivity contribution is 7.98. The van der Waals surface area contributed by atoms with Crippen LogP contribution in [0.2, 0.25) is 0 Å². The van der Waals surface area contributed by atoms with Gasteiger partial charge in [-0.1, -0.05) is 36.0 Å². The highest BCUT2D eigenvalue weighted by Crippen LogP contribution is 2.25. The molecule has 6 nitrogen and oxygen atoms in total. The van der Waals surface area contributed by atoms with Crippen LogP contribution >= 0.6 is 11.8 Å². The average Bonchev–Trinajstić information content (AvgIpc) is 3.09. The van der Waals surface area contributed by atoms with Gasteiger partial charge in [0.05, 0.1) is 18.0 Å². The van der Waals surface area contributed by atoms with E-state index in [2.05, 4.69) is 10.2 Å². The van der Waals surface area contributed by atoms with Crippen molar-refractivity contribution in [2.75, 3.05) is 7.11 Å². The van der Waals surface area contributed by atoms with Gasteiger partial charge in [0.2, 0.25) is 5.78 Å². The molecule has 0 saturated heterocycles. The third kappa shape index (κ3) is 2.66. The first-order chi connectivity index (χ1) is 12.2. The van der Waals surface area contributed by atoms with Gasteiger partial charge in [-0.3, -0.25) is 13.8 Å². The lowest BCUT2D eigenvalue weighted by Gasteiger charge is -2.08. The van der Waals surface area contributed by atoms with E-state index >= 15 is 0 Å². The number of rotatable bonds is 4. The summed E-state index contributed by atoms with van der Waals surface area (Å²) in [4.78, 5) is 12.5. The molecule has 0 N–H and O–H groups in total. The van der Waals surface area contributed by atoms with Gasteiger partial charge in [0.25, 0.3) is 5.56 Å². The average molecular weight is 352 g/mol. The number of ether oxygens (including phenoxy) is 1. The molecule has 0 spiro atoms. The topological polar surface area (TPSA) is 61.4 Å². The molecule has 0 fully saturated rings. The minimum Gasteiger partial charge on any atom is -0.497 e. The number of para-hydroxylation sites is 1. The summed E-state index contributed by atoms with van der Waals surface area (Å²) in [5.74, 6) is 2.10. The standard InChI is InChI=1S/C18H16N4O2S/c1-21-16(23)14-8-3-4-9-15(14)22-17(21)19-20-18(22)25-11-12-6-5-7-13(10-12)24-2/h3-10H,11H2,1-2H3. The Balaban J connectivity index is 1.79. The van der Waals surface area contributed by atoms with Gasteiger partial charge in [-0.25, -0.2) is 0 Å². The minimum absolute atomic E-state index is 0.0696. The summed E-state index contributed by atoms with van der Waals surface area (Å²) >= 11 is 1.58. The molecule has 0 saturated carbocycles. The van der Waals surface area contributed by atoms with Crippen LogP contribution in [0.3, 0.4) is 0 Å².